The Kier molecular flexibility index (Phi) is 4.08. The summed E-state index contributed by atoms with van der Waals surface area (Å²) in [5.74, 6) is 0.570. The molecule has 2 aromatic rings. The van der Waals surface area contributed by atoms with Crippen LogP contribution in [0.2, 0.25) is 0 Å². The monoisotopic (exact) mass is 335 g/mol. The Morgan fingerprint density at radius 3 is 2.43 bits per heavy atom. The minimum Gasteiger partial charge on any atom is -0.360 e. The molecule has 0 unspecified atom stereocenters. The maximum Gasteiger partial charge on any atom is 0.263 e. The number of nitrogens with zero attached hydrogens (tertiary/aromatic N) is 2. The van der Waals surface area contributed by atoms with Gasteiger partial charge in [-0.25, -0.2) is 8.42 Å². The summed E-state index contributed by atoms with van der Waals surface area (Å²) in [5, 5.41) is 3.60. The Labute approximate surface area is 134 Å². The van der Waals surface area contributed by atoms with Gasteiger partial charge in [-0.1, -0.05) is 5.16 Å². The fourth-order valence-electron chi connectivity index (χ4n) is 2.49. The summed E-state index contributed by atoms with van der Waals surface area (Å²) in [4.78, 5) is 14.1. The van der Waals surface area contributed by atoms with E-state index in [1.165, 1.54) is 30.3 Å². The van der Waals surface area contributed by atoms with Gasteiger partial charge in [0, 0.05) is 24.7 Å². The lowest BCUT2D eigenvalue weighted by Crippen LogP contribution is -2.27. The third-order valence-corrected chi connectivity index (χ3v) is 5.04. The van der Waals surface area contributed by atoms with Gasteiger partial charge >= 0.3 is 0 Å². The van der Waals surface area contributed by atoms with Crippen molar-refractivity contribution in [2.45, 2.75) is 24.7 Å². The van der Waals surface area contributed by atoms with Crippen molar-refractivity contribution >= 4 is 21.7 Å². The van der Waals surface area contributed by atoms with Crippen molar-refractivity contribution in [1.82, 2.24) is 10.1 Å². The van der Waals surface area contributed by atoms with Crippen LogP contribution >= 0.6 is 0 Å². The summed E-state index contributed by atoms with van der Waals surface area (Å²) >= 11 is 0. The lowest BCUT2D eigenvalue weighted by Gasteiger charge is -2.15. The van der Waals surface area contributed by atoms with Gasteiger partial charge in [0.25, 0.3) is 15.9 Å². The molecular weight excluding hydrogens is 318 g/mol. The first-order valence-corrected chi connectivity index (χ1v) is 8.79. The number of benzene rings is 1. The van der Waals surface area contributed by atoms with Gasteiger partial charge < -0.3 is 9.42 Å². The standard InChI is InChI=1S/C15H17N3O4S/c1-11-10-14(16-22-11)17-23(20,21)13-6-4-12(5-7-13)15(19)18-8-2-3-9-18/h4-7,10H,2-3,8-9H2,1H3,(H,16,17). The van der Waals surface area contributed by atoms with Crippen LogP contribution in [0.4, 0.5) is 5.82 Å². The van der Waals surface area contributed by atoms with Crippen LogP contribution in [-0.4, -0.2) is 37.5 Å². The Morgan fingerprint density at radius 2 is 1.87 bits per heavy atom. The van der Waals surface area contributed by atoms with E-state index in [0.29, 0.717) is 11.3 Å². The third kappa shape index (κ3) is 3.37. The first-order chi connectivity index (χ1) is 11.0. The molecule has 1 N–H and O–H groups in total. The normalized spacial score (nSPS) is 14.9. The fraction of sp³-hybridized carbons (Fsp3) is 0.333. The van der Waals surface area contributed by atoms with Crippen molar-refractivity contribution in [3.63, 3.8) is 0 Å². The van der Waals surface area contributed by atoms with Gasteiger partial charge in [-0.2, -0.15) is 0 Å². The largest absolute Gasteiger partial charge is 0.360 e. The zero-order valence-electron chi connectivity index (χ0n) is 12.7. The average molecular weight is 335 g/mol. The molecule has 0 bridgehead atoms. The van der Waals surface area contributed by atoms with Gasteiger partial charge in [-0.15, -0.1) is 0 Å². The van der Waals surface area contributed by atoms with Crippen LogP contribution in [0.15, 0.2) is 39.8 Å². The molecule has 1 amide bonds. The highest BCUT2D eigenvalue weighted by atomic mass is 32.2. The van der Waals surface area contributed by atoms with Crippen LogP contribution in [0.3, 0.4) is 0 Å². The molecule has 23 heavy (non-hydrogen) atoms. The summed E-state index contributed by atoms with van der Waals surface area (Å²) in [6, 6.07) is 7.38. The zero-order valence-corrected chi connectivity index (χ0v) is 13.5. The van der Waals surface area contributed by atoms with Crippen LogP contribution in [0.25, 0.3) is 0 Å². The minimum atomic E-state index is -3.76. The number of amides is 1. The van der Waals surface area contributed by atoms with Crippen LogP contribution in [0.1, 0.15) is 29.0 Å². The predicted octanol–water partition coefficient (Wildman–Crippen LogP) is 2.02. The first-order valence-electron chi connectivity index (χ1n) is 7.31. The van der Waals surface area contributed by atoms with Gasteiger partial charge in [-0.3, -0.25) is 9.52 Å². The van der Waals surface area contributed by atoms with E-state index in [1.807, 2.05) is 0 Å². The zero-order chi connectivity index (χ0) is 16.4. The van der Waals surface area contributed by atoms with Gasteiger partial charge in [0.1, 0.15) is 5.76 Å². The summed E-state index contributed by atoms with van der Waals surface area (Å²) in [7, 11) is -3.76. The van der Waals surface area contributed by atoms with Crippen molar-refractivity contribution in [2.24, 2.45) is 0 Å². The highest BCUT2D eigenvalue weighted by Crippen LogP contribution is 2.18. The van der Waals surface area contributed by atoms with Crippen molar-refractivity contribution in [2.75, 3.05) is 17.8 Å². The van der Waals surface area contributed by atoms with Crippen molar-refractivity contribution in [1.29, 1.82) is 0 Å². The molecule has 1 aromatic carbocycles. The predicted molar refractivity (Wildman–Crippen MR) is 83.6 cm³/mol. The summed E-state index contributed by atoms with van der Waals surface area (Å²) in [6.07, 6.45) is 2.03. The van der Waals surface area contributed by atoms with Gasteiger partial charge in [-0.05, 0) is 44.0 Å². The lowest BCUT2D eigenvalue weighted by atomic mass is 10.2. The molecule has 0 spiro atoms. The van der Waals surface area contributed by atoms with Crippen molar-refractivity contribution in [3.05, 3.63) is 41.7 Å². The molecule has 7 nitrogen and oxygen atoms in total. The maximum absolute atomic E-state index is 12.3. The second kappa shape index (κ2) is 6.04. The molecule has 8 heteroatoms. The smallest absolute Gasteiger partial charge is 0.263 e. The lowest BCUT2D eigenvalue weighted by molar-refractivity contribution is 0.0792. The SMILES string of the molecule is Cc1cc(NS(=O)(=O)c2ccc(C(=O)N3CCCC3)cc2)no1. The second-order valence-corrected chi connectivity index (χ2v) is 7.13. The summed E-state index contributed by atoms with van der Waals surface area (Å²) in [5.41, 5.74) is 0.489. The van der Waals surface area contributed by atoms with E-state index in [-0.39, 0.29) is 16.6 Å². The van der Waals surface area contributed by atoms with E-state index in [4.69, 9.17) is 4.52 Å². The molecule has 122 valence electrons. The molecule has 3 rings (SSSR count). The third-order valence-electron chi connectivity index (χ3n) is 3.67. The van der Waals surface area contributed by atoms with Crippen molar-refractivity contribution < 1.29 is 17.7 Å². The van der Waals surface area contributed by atoms with Gasteiger partial charge in [0.15, 0.2) is 5.82 Å². The van der Waals surface area contributed by atoms with Crippen LogP contribution in [-0.2, 0) is 10.0 Å². The summed E-state index contributed by atoms with van der Waals surface area (Å²) < 4.78 is 31.7. The van der Waals surface area contributed by atoms with Crippen LogP contribution in [0, 0.1) is 6.92 Å². The number of aryl methyl sites for hydroxylation is 1. The number of rotatable bonds is 4. The van der Waals surface area contributed by atoms with E-state index < -0.39 is 10.0 Å². The molecule has 0 atom stereocenters. The highest BCUT2D eigenvalue weighted by molar-refractivity contribution is 7.92. The van der Waals surface area contributed by atoms with Gasteiger partial charge in [0.2, 0.25) is 0 Å². The molecule has 1 saturated heterocycles. The Morgan fingerprint density at radius 1 is 1.22 bits per heavy atom. The number of sulfonamides is 1. The van der Waals surface area contributed by atoms with E-state index in [2.05, 4.69) is 9.88 Å². The number of hydrogen-bond acceptors (Lipinski definition) is 5. The molecule has 0 aliphatic carbocycles. The van der Waals surface area contributed by atoms with E-state index in [1.54, 1.807) is 11.8 Å². The Balaban J connectivity index is 1.76. The molecule has 0 saturated carbocycles. The second-order valence-electron chi connectivity index (χ2n) is 5.45. The number of carbonyl (C=O) groups is 1. The minimum absolute atomic E-state index is 0.0634. The first kappa shape index (κ1) is 15.5. The molecule has 1 aliphatic heterocycles. The molecular formula is C15H17N3O4S. The van der Waals surface area contributed by atoms with E-state index >= 15 is 0 Å². The number of hydrogen-bond donors (Lipinski definition) is 1. The number of aromatic nitrogens is 1. The van der Waals surface area contributed by atoms with Crippen LogP contribution in [0.5, 0.6) is 0 Å². The fourth-order valence-corrected chi connectivity index (χ4v) is 3.47. The maximum atomic E-state index is 12.3. The quantitative estimate of drug-likeness (QED) is 0.923. The molecule has 2 heterocycles. The van der Waals surface area contributed by atoms with E-state index in [0.717, 1.165) is 25.9 Å². The topological polar surface area (TPSA) is 92.5 Å². The molecule has 0 radical (unpaired) electrons. The molecule has 1 aliphatic rings. The molecule has 1 aromatic heterocycles. The number of carbonyl (C=O) groups excluding carboxylic acids is 1. The number of nitrogens with one attached hydrogen (secondary N) is 1. The molecule has 1 fully saturated rings. The van der Waals surface area contributed by atoms with Gasteiger partial charge in [0.05, 0.1) is 4.90 Å². The summed E-state index contributed by atoms with van der Waals surface area (Å²) in [6.45, 7) is 3.18. The van der Waals surface area contributed by atoms with E-state index in [9.17, 15) is 13.2 Å². The van der Waals surface area contributed by atoms with Crippen LogP contribution < -0.4 is 4.72 Å². The highest BCUT2D eigenvalue weighted by Gasteiger charge is 2.21. The Bertz CT molecular complexity index is 806. The number of anilines is 1. The average Bonchev–Trinajstić information content (AvgIpc) is 3.18. The Hall–Kier alpha value is -2.35. The number of likely N-dealkylation sites (tertiary alicyclic amines) is 1. The van der Waals surface area contributed by atoms with Crippen molar-refractivity contribution in [3.8, 4) is 0 Å².